The molecule has 7 nitrogen and oxygen atoms in total. The fourth-order valence-electron chi connectivity index (χ4n) is 3.18. The van der Waals surface area contributed by atoms with Crippen molar-refractivity contribution in [2.75, 3.05) is 20.3 Å². The molecule has 5 unspecified atom stereocenters. The second-order valence-corrected chi connectivity index (χ2v) is 8.29. The monoisotopic (exact) mass is 542 g/mol. The maximum absolute atomic E-state index is 10.7. The fourth-order valence-corrected chi connectivity index (χ4v) is 3.53. The molecule has 0 amide bonds. The van der Waals surface area contributed by atoms with Gasteiger partial charge in [0.15, 0.2) is 0 Å². The summed E-state index contributed by atoms with van der Waals surface area (Å²) < 4.78 is 29.3. The van der Waals surface area contributed by atoms with Gasteiger partial charge in [-0.05, 0) is 64.6 Å². The Bertz CT molecular complexity index is 812. The lowest BCUT2D eigenvalue weighted by molar-refractivity contribution is -0.286. The van der Waals surface area contributed by atoms with Crippen LogP contribution in [0.3, 0.4) is 0 Å². The number of halogens is 1. The van der Waals surface area contributed by atoms with Gasteiger partial charge in [-0.3, -0.25) is 0 Å². The molecule has 2 aromatic carbocycles. The van der Waals surface area contributed by atoms with E-state index in [1.165, 1.54) is 0 Å². The number of hydrogen-bond donors (Lipinski definition) is 2. The Labute approximate surface area is 195 Å². The Morgan fingerprint density at radius 1 is 1.03 bits per heavy atom. The summed E-state index contributed by atoms with van der Waals surface area (Å²) in [6, 6.07) is 14.9. The molecule has 168 valence electrons. The molecule has 1 aliphatic heterocycles. The topological polar surface area (TPSA) is 86.6 Å². The summed E-state index contributed by atoms with van der Waals surface area (Å²) in [5.74, 6) is 1.31. The van der Waals surface area contributed by atoms with Crippen molar-refractivity contribution in [1.82, 2.24) is 0 Å². The van der Waals surface area contributed by atoms with E-state index in [9.17, 15) is 10.2 Å². The highest BCUT2D eigenvalue weighted by Gasteiger charge is 2.46. The van der Waals surface area contributed by atoms with Crippen LogP contribution in [-0.2, 0) is 20.8 Å². The second-order valence-electron chi connectivity index (χ2n) is 7.05. The van der Waals surface area contributed by atoms with E-state index in [2.05, 4.69) is 29.2 Å². The molecule has 0 radical (unpaired) electrons. The molecule has 1 fully saturated rings. The number of ether oxygens (including phenoxy) is 5. The van der Waals surface area contributed by atoms with E-state index in [0.717, 1.165) is 14.9 Å². The average molecular weight is 542 g/mol. The number of aliphatic hydroxyl groups excluding tert-OH is 2. The minimum absolute atomic E-state index is 0.0976. The summed E-state index contributed by atoms with van der Waals surface area (Å²) in [6.07, 6.45) is -3.40. The summed E-state index contributed by atoms with van der Waals surface area (Å²) >= 11 is 2.20. The lowest BCUT2D eigenvalue weighted by Gasteiger charge is -2.42. The molecule has 2 aromatic rings. The average Bonchev–Trinajstić information content (AvgIpc) is 2.78. The number of benzene rings is 2. The lowest BCUT2D eigenvalue weighted by atomic mass is 9.99. The highest BCUT2D eigenvalue weighted by atomic mass is 127. The van der Waals surface area contributed by atoms with Crippen molar-refractivity contribution in [2.24, 2.45) is 0 Å². The fraction of sp³-hybridized carbons (Fsp3) is 0.391. The van der Waals surface area contributed by atoms with E-state index in [-0.39, 0.29) is 13.2 Å². The van der Waals surface area contributed by atoms with E-state index in [4.69, 9.17) is 23.7 Å². The molecule has 0 bridgehead atoms. The first-order chi connectivity index (χ1) is 15.0. The van der Waals surface area contributed by atoms with Crippen LogP contribution in [0.15, 0.2) is 61.2 Å². The number of rotatable bonds is 10. The first-order valence-electron chi connectivity index (χ1n) is 9.89. The van der Waals surface area contributed by atoms with E-state index in [1.807, 2.05) is 36.4 Å². The molecule has 5 atom stereocenters. The Hall–Kier alpha value is -1.69. The van der Waals surface area contributed by atoms with Gasteiger partial charge in [-0.1, -0.05) is 18.2 Å². The molecular formula is C23H27IO7. The van der Waals surface area contributed by atoms with Crippen molar-refractivity contribution >= 4 is 22.6 Å². The van der Waals surface area contributed by atoms with Crippen molar-refractivity contribution in [1.29, 1.82) is 0 Å². The third kappa shape index (κ3) is 6.64. The van der Waals surface area contributed by atoms with Gasteiger partial charge in [0.05, 0.1) is 26.9 Å². The van der Waals surface area contributed by atoms with Crippen LogP contribution in [0.2, 0.25) is 0 Å². The lowest BCUT2D eigenvalue weighted by Crippen LogP contribution is -2.61. The van der Waals surface area contributed by atoms with Crippen LogP contribution in [0, 0.1) is 3.57 Å². The molecule has 3 rings (SSSR count). The van der Waals surface area contributed by atoms with Gasteiger partial charge >= 0.3 is 0 Å². The molecule has 0 aliphatic carbocycles. The summed E-state index contributed by atoms with van der Waals surface area (Å²) in [7, 11) is 1.61. The van der Waals surface area contributed by atoms with Crippen LogP contribution < -0.4 is 9.47 Å². The van der Waals surface area contributed by atoms with E-state index in [0.29, 0.717) is 12.4 Å². The van der Waals surface area contributed by atoms with E-state index >= 15 is 0 Å². The van der Waals surface area contributed by atoms with Gasteiger partial charge in [-0.2, -0.15) is 0 Å². The van der Waals surface area contributed by atoms with Crippen LogP contribution in [0.25, 0.3) is 0 Å². The van der Waals surface area contributed by atoms with Gasteiger partial charge in [0, 0.05) is 3.57 Å². The Morgan fingerprint density at radius 3 is 2.35 bits per heavy atom. The predicted octanol–water partition coefficient (Wildman–Crippen LogP) is 2.91. The number of hydrogen-bond acceptors (Lipinski definition) is 7. The zero-order valence-electron chi connectivity index (χ0n) is 17.2. The number of aliphatic hydroxyl groups is 2. The van der Waals surface area contributed by atoms with E-state index in [1.54, 1.807) is 25.3 Å². The maximum Gasteiger partial charge on any atom is 0.229 e. The zero-order valence-corrected chi connectivity index (χ0v) is 19.4. The Morgan fingerprint density at radius 2 is 1.71 bits per heavy atom. The van der Waals surface area contributed by atoms with Crippen LogP contribution in [0.5, 0.6) is 11.5 Å². The molecule has 1 aliphatic rings. The van der Waals surface area contributed by atoms with Crippen molar-refractivity contribution in [3.63, 3.8) is 0 Å². The van der Waals surface area contributed by atoms with Crippen molar-refractivity contribution < 1.29 is 33.9 Å². The first-order valence-corrected chi connectivity index (χ1v) is 11.0. The second kappa shape index (κ2) is 11.8. The predicted molar refractivity (Wildman–Crippen MR) is 123 cm³/mol. The molecule has 8 heteroatoms. The molecule has 1 heterocycles. The summed E-state index contributed by atoms with van der Waals surface area (Å²) in [4.78, 5) is 0. The van der Waals surface area contributed by atoms with E-state index < -0.39 is 30.7 Å². The third-order valence-electron chi connectivity index (χ3n) is 4.82. The van der Waals surface area contributed by atoms with Crippen LogP contribution >= 0.6 is 22.6 Å². The third-order valence-corrected chi connectivity index (χ3v) is 5.54. The standard InChI is InChI=1S/C23H27IO7/c1-3-12-29-22-20(25)19(14-28-13-15-4-8-17(27-2)9-5-15)31-23(21(22)26)30-18-10-6-16(24)7-11-18/h3-11,19-23,25-26H,1,12-14H2,2H3. The normalized spacial score (nSPS) is 25.7. The Balaban J connectivity index is 1.64. The highest BCUT2D eigenvalue weighted by molar-refractivity contribution is 14.1. The van der Waals surface area contributed by atoms with Gasteiger partial charge in [0.2, 0.25) is 6.29 Å². The summed E-state index contributed by atoms with van der Waals surface area (Å²) in [5, 5.41) is 21.4. The molecule has 31 heavy (non-hydrogen) atoms. The summed E-state index contributed by atoms with van der Waals surface area (Å²) in [5.41, 5.74) is 0.956. The van der Waals surface area contributed by atoms with Gasteiger partial charge in [0.25, 0.3) is 0 Å². The first kappa shape index (κ1) is 24.0. The quantitative estimate of drug-likeness (QED) is 0.353. The SMILES string of the molecule is C=CCOC1C(O)C(COCc2ccc(OC)cc2)OC(Oc2ccc(I)cc2)C1O. The van der Waals surface area contributed by atoms with Crippen LogP contribution in [-0.4, -0.2) is 61.2 Å². The van der Waals surface area contributed by atoms with Crippen molar-refractivity contribution in [3.05, 3.63) is 70.3 Å². The smallest absolute Gasteiger partial charge is 0.229 e. The molecule has 0 spiro atoms. The number of methoxy groups -OCH3 is 1. The summed E-state index contributed by atoms with van der Waals surface area (Å²) in [6.45, 7) is 4.23. The zero-order chi connectivity index (χ0) is 22.2. The van der Waals surface area contributed by atoms with Crippen molar-refractivity contribution in [2.45, 2.75) is 37.3 Å². The molecule has 0 saturated carbocycles. The van der Waals surface area contributed by atoms with Crippen molar-refractivity contribution in [3.8, 4) is 11.5 Å². The van der Waals surface area contributed by atoms with Gasteiger partial charge in [0.1, 0.15) is 35.9 Å². The molecular weight excluding hydrogens is 515 g/mol. The minimum Gasteiger partial charge on any atom is -0.497 e. The largest absolute Gasteiger partial charge is 0.497 e. The van der Waals surface area contributed by atoms with Crippen LogP contribution in [0.1, 0.15) is 5.56 Å². The molecule has 1 saturated heterocycles. The highest BCUT2D eigenvalue weighted by Crippen LogP contribution is 2.27. The molecule has 2 N–H and O–H groups in total. The van der Waals surface area contributed by atoms with Gasteiger partial charge in [-0.15, -0.1) is 6.58 Å². The molecule has 0 aromatic heterocycles. The minimum atomic E-state index is -1.19. The Kier molecular flexibility index (Phi) is 9.12. The van der Waals surface area contributed by atoms with Gasteiger partial charge in [-0.25, -0.2) is 0 Å². The van der Waals surface area contributed by atoms with Gasteiger partial charge < -0.3 is 33.9 Å². The maximum atomic E-state index is 10.7. The van der Waals surface area contributed by atoms with Crippen LogP contribution in [0.4, 0.5) is 0 Å².